The third kappa shape index (κ3) is 4.49. The standard InChI is InChI=1S/C22H20ClFN6O/c1-3-8-30-19-10-15(24)4-6-18(19)29-22(30)14-9-17(23)21(26-11-14)28-16-5-7-20(25-12-16)27-13(2)31/h4-7,9-12H,3,8H2,1-2H3,(H,26,28)(H,25,27,31). The minimum absolute atomic E-state index is 0.189. The first-order chi connectivity index (χ1) is 14.9. The van der Waals surface area contributed by atoms with E-state index in [0.29, 0.717) is 40.2 Å². The number of hydrogen-bond donors (Lipinski definition) is 2. The number of hydrogen-bond acceptors (Lipinski definition) is 5. The van der Waals surface area contributed by atoms with E-state index >= 15 is 0 Å². The molecule has 2 N–H and O–H groups in total. The summed E-state index contributed by atoms with van der Waals surface area (Å²) >= 11 is 6.48. The van der Waals surface area contributed by atoms with Crippen molar-refractivity contribution in [3.63, 3.8) is 0 Å². The van der Waals surface area contributed by atoms with Crippen molar-refractivity contribution in [1.29, 1.82) is 0 Å². The van der Waals surface area contributed by atoms with E-state index in [1.165, 1.54) is 19.1 Å². The molecule has 4 aromatic rings. The Balaban J connectivity index is 1.63. The predicted octanol–water partition coefficient (Wildman–Crippen LogP) is 5.40. The molecule has 0 saturated heterocycles. The lowest BCUT2D eigenvalue weighted by Crippen LogP contribution is -2.07. The number of amides is 1. The molecule has 1 amide bonds. The summed E-state index contributed by atoms with van der Waals surface area (Å²) in [4.78, 5) is 24.4. The molecule has 1 aromatic carbocycles. The lowest BCUT2D eigenvalue weighted by Gasteiger charge is -2.11. The summed E-state index contributed by atoms with van der Waals surface area (Å²) in [5, 5.41) is 6.13. The number of aromatic nitrogens is 4. The van der Waals surface area contributed by atoms with Gasteiger partial charge in [0.1, 0.15) is 23.3 Å². The van der Waals surface area contributed by atoms with Crippen LogP contribution < -0.4 is 10.6 Å². The van der Waals surface area contributed by atoms with Crippen LogP contribution in [-0.4, -0.2) is 25.4 Å². The normalized spacial score (nSPS) is 11.0. The first kappa shape index (κ1) is 20.7. The molecule has 0 aliphatic rings. The minimum Gasteiger partial charge on any atom is -0.338 e. The second-order valence-corrected chi connectivity index (χ2v) is 7.42. The van der Waals surface area contributed by atoms with Gasteiger partial charge < -0.3 is 15.2 Å². The number of carbonyl (C=O) groups excluding carboxylic acids is 1. The Morgan fingerprint density at radius 3 is 2.68 bits per heavy atom. The predicted molar refractivity (Wildman–Crippen MR) is 120 cm³/mol. The molecule has 0 saturated carbocycles. The van der Waals surface area contributed by atoms with Gasteiger partial charge in [0.2, 0.25) is 5.91 Å². The van der Waals surface area contributed by atoms with Crippen LogP contribution >= 0.6 is 11.6 Å². The van der Waals surface area contributed by atoms with Gasteiger partial charge in [-0.1, -0.05) is 18.5 Å². The Morgan fingerprint density at radius 2 is 2.00 bits per heavy atom. The summed E-state index contributed by atoms with van der Waals surface area (Å²) in [7, 11) is 0. The molecule has 158 valence electrons. The Bertz CT molecular complexity index is 1260. The number of nitrogens with zero attached hydrogens (tertiary/aromatic N) is 4. The van der Waals surface area contributed by atoms with Gasteiger partial charge in [0.05, 0.1) is 27.9 Å². The van der Waals surface area contributed by atoms with E-state index in [1.54, 1.807) is 36.7 Å². The van der Waals surface area contributed by atoms with E-state index in [9.17, 15) is 9.18 Å². The van der Waals surface area contributed by atoms with Crippen LogP contribution in [0.5, 0.6) is 0 Å². The number of benzene rings is 1. The topological polar surface area (TPSA) is 84.7 Å². The summed E-state index contributed by atoms with van der Waals surface area (Å²) in [6.07, 6.45) is 4.13. The number of fused-ring (bicyclic) bond motifs is 1. The molecule has 7 nitrogen and oxygen atoms in total. The van der Waals surface area contributed by atoms with Gasteiger partial charge in [0.15, 0.2) is 0 Å². The van der Waals surface area contributed by atoms with Crippen molar-refractivity contribution in [3.8, 4) is 11.4 Å². The van der Waals surface area contributed by atoms with Crippen LogP contribution in [0.15, 0.2) is 48.8 Å². The Labute approximate surface area is 183 Å². The van der Waals surface area contributed by atoms with E-state index in [4.69, 9.17) is 11.6 Å². The Kier molecular flexibility index (Phi) is 5.81. The van der Waals surface area contributed by atoms with Gasteiger partial charge in [-0.3, -0.25) is 4.79 Å². The molecule has 0 aliphatic carbocycles. The van der Waals surface area contributed by atoms with Crippen LogP contribution in [0, 0.1) is 5.82 Å². The average Bonchev–Trinajstić information content (AvgIpc) is 3.08. The van der Waals surface area contributed by atoms with E-state index < -0.39 is 0 Å². The molecule has 0 atom stereocenters. The van der Waals surface area contributed by atoms with Crippen molar-refractivity contribution < 1.29 is 9.18 Å². The highest BCUT2D eigenvalue weighted by Gasteiger charge is 2.15. The molecule has 0 spiro atoms. The zero-order valence-electron chi connectivity index (χ0n) is 17.0. The summed E-state index contributed by atoms with van der Waals surface area (Å²) in [5.41, 5.74) is 2.86. The highest BCUT2D eigenvalue weighted by Crippen LogP contribution is 2.31. The SMILES string of the molecule is CCCn1c(-c2cnc(Nc3ccc(NC(C)=O)nc3)c(Cl)c2)nc2ccc(F)cc21. The zero-order chi connectivity index (χ0) is 22.0. The first-order valence-corrected chi connectivity index (χ1v) is 10.1. The third-order valence-electron chi connectivity index (χ3n) is 4.59. The molecule has 0 unspecified atom stereocenters. The fraction of sp³-hybridized carbons (Fsp3) is 0.182. The number of nitrogens with one attached hydrogen (secondary N) is 2. The number of aryl methyl sites for hydroxylation is 1. The Hall–Kier alpha value is -3.52. The van der Waals surface area contributed by atoms with E-state index in [1.807, 2.05) is 4.57 Å². The van der Waals surface area contributed by atoms with E-state index in [2.05, 4.69) is 32.5 Å². The van der Waals surface area contributed by atoms with Crippen molar-refractivity contribution in [3.05, 3.63) is 59.6 Å². The van der Waals surface area contributed by atoms with Gasteiger partial charge in [-0.05, 0) is 42.8 Å². The second kappa shape index (κ2) is 8.69. The fourth-order valence-corrected chi connectivity index (χ4v) is 3.49. The molecular formula is C22H20ClFN6O. The smallest absolute Gasteiger partial charge is 0.222 e. The fourth-order valence-electron chi connectivity index (χ4n) is 3.28. The maximum Gasteiger partial charge on any atom is 0.222 e. The van der Waals surface area contributed by atoms with Crippen molar-refractivity contribution in [1.82, 2.24) is 19.5 Å². The van der Waals surface area contributed by atoms with Gasteiger partial charge >= 0.3 is 0 Å². The Morgan fingerprint density at radius 1 is 1.16 bits per heavy atom. The van der Waals surface area contributed by atoms with Crippen LogP contribution in [0.25, 0.3) is 22.4 Å². The maximum atomic E-state index is 13.8. The van der Waals surface area contributed by atoms with Crippen molar-refractivity contribution in [2.75, 3.05) is 10.6 Å². The van der Waals surface area contributed by atoms with Crippen LogP contribution in [0.1, 0.15) is 20.3 Å². The average molecular weight is 439 g/mol. The molecular weight excluding hydrogens is 419 g/mol. The summed E-state index contributed by atoms with van der Waals surface area (Å²) in [5.74, 6) is 1.11. The zero-order valence-corrected chi connectivity index (χ0v) is 17.7. The van der Waals surface area contributed by atoms with Gasteiger partial charge in [-0.15, -0.1) is 0 Å². The van der Waals surface area contributed by atoms with Gasteiger partial charge in [-0.2, -0.15) is 0 Å². The van der Waals surface area contributed by atoms with Crippen LogP contribution in [0.2, 0.25) is 5.02 Å². The van der Waals surface area contributed by atoms with Crippen LogP contribution in [-0.2, 0) is 11.3 Å². The molecule has 0 aliphatic heterocycles. The second-order valence-electron chi connectivity index (χ2n) is 7.01. The van der Waals surface area contributed by atoms with Gasteiger partial charge in [-0.25, -0.2) is 19.3 Å². The number of imidazole rings is 1. The maximum absolute atomic E-state index is 13.8. The van der Waals surface area contributed by atoms with Crippen molar-refractivity contribution in [2.24, 2.45) is 0 Å². The largest absolute Gasteiger partial charge is 0.338 e. The monoisotopic (exact) mass is 438 g/mol. The van der Waals surface area contributed by atoms with Gasteiger partial charge in [0, 0.05) is 25.2 Å². The molecule has 3 heterocycles. The first-order valence-electron chi connectivity index (χ1n) is 9.77. The van der Waals surface area contributed by atoms with Crippen LogP contribution in [0.4, 0.5) is 21.7 Å². The number of carbonyl (C=O) groups is 1. The van der Waals surface area contributed by atoms with Crippen LogP contribution in [0.3, 0.4) is 0 Å². The lowest BCUT2D eigenvalue weighted by atomic mass is 10.2. The third-order valence-corrected chi connectivity index (χ3v) is 4.88. The summed E-state index contributed by atoms with van der Waals surface area (Å²) < 4.78 is 15.7. The molecule has 0 radical (unpaired) electrons. The molecule has 0 fully saturated rings. The van der Waals surface area contributed by atoms with Crippen molar-refractivity contribution >= 4 is 45.9 Å². The lowest BCUT2D eigenvalue weighted by molar-refractivity contribution is -0.114. The quantitative estimate of drug-likeness (QED) is 0.421. The van der Waals surface area contributed by atoms with E-state index in [-0.39, 0.29) is 11.7 Å². The summed E-state index contributed by atoms with van der Waals surface area (Å²) in [6.45, 7) is 4.17. The number of pyridine rings is 2. The molecule has 0 bridgehead atoms. The number of halogens is 2. The molecule has 4 rings (SSSR count). The number of rotatable bonds is 6. The highest BCUT2D eigenvalue weighted by molar-refractivity contribution is 6.33. The number of anilines is 3. The molecule has 9 heteroatoms. The minimum atomic E-state index is -0.301. The highest BCUT2D eigenvalue weighted by atomic mass is 35.5. The van der Waals surface area contributed by atoms with E-state index in [0.717, 1.165) is 17.5 Å². The van der Waals surface area contributed by atoms with Gasteiger partial charge in [0.25, 0.3) is 0 Å². The summed E-state index contributed by atoms with van der Waals surface area (Å²) in [6, 6.07) is 9.78. The van der Waals surface area contributed by atoms with Crippen molar-refractivity contribution in [2.45, 2.75) is 26.8 Å². The molecule has 31 heavy (non-hydrogen) atoms. The molecule has 3 aromatic heterocycles.